The van der Waals surface area contributed by atoms with Gasteiger partial charge in [-0.1, -0.05) is 0 Å². The molecule has 0 radical (unpaired) electrons. The van der Waals surface area contributed by atoms with Crippen LogP contribution < -0.4 is 14.8 Å². The maximum absolute atomic E-state index is 15.1. The van der Waals surface area contributed by atoms with Crippen molar-refractivity contribution in [3.63, 3.8) is 0 Å². The summed E-state index contributed by atoms with van der Waals surface area (Å²) < 4.78 is 67.1. The third kappa shape index (κ3) is 5.41. The SMILES string of the molecule is CC(=O)N[C@@H](C)CO[C@H]1CC[C@H](Oc2nc3c(F)cc(OCC4(F)COC4)c(F)c3n2C)CC1. The van der Waals surface area contributed by atoms with Crippen LogP contribution in [0.3, 0.4) is 0 Å². The number of rotatable bonds is 9. The Labute approximate surface area is 195 Å². The number of ether oxygens (including phenoxy) is 4. The molecule has 1 saturated carbocycles. The number of fused-ring (bicyclic) bond motifs is 1. The molecule has 1 aromatic heterocycles. The van der Waals surface area contributed by atoms with Crippen LogP contribution in [-0.2, 0) is 21.3 Å². The summed E-state index contributed by atoms with van der Waals surface area (Å²) in [5, 5.41) is 2.78. The van der Waals surface area contributed by atoms with E-state index in [9.17, 15) is 13.6 Å². The minimum absolute atomic E-state index is 0.0611. The second-order valence-corrected chi connectivity index (χ2v) is 9.20. The summed E-state index contributed by atoms with van der Waals surface area (Å²) in [6.07, 6.45) is 2.80. The minimum atomic E-state index is -1.69. The number of halogens is 3. The first-order valence-corrected chi connectivity index (χ1v) is 11.4. The lowest BCUT2D eigenvalue weighted by Gasteiger charge is -2.33. The van der Waals surface area contributed by atoms with E-state index in [-0.39, 0.29) is 60.2 Å². The van der Waals surface area contributed by atoms with Gasteiger partial charge in [0.05, 0.1) is 25.9 Å². The van der Waals surface area contributed by atoms with Gasteiger partial charge in [-0.3, -0.25) is 9.36 Å². The van der Waals surface area contributed by atoms with Crippen LogP contribution in [0.2, 0.25) is 0 Å². The zero-order chi connectivity index (χ0) is 24.5. The van der Waals surface area contributed by atoms with E-state index >= 15 is 4.39 Å². The Kier molecular flexibility index (Phi) is 7.22. The van der Waals surface area contributed by atoms with Crippen molar-refractivity contribution >= 4 is 16.9 Å². The highest BCUT2D eigenvalue weighted by Gasteiger charge is 2.40. The van der Waals surface area contributed by atoms with Crippen molar-refractivity contribution in [3.8, 4) is 11.8 Å². The number of hydrogen-bond acceptors (Lipinski definition) is 6. The zero-order valence-corrected chi connectivity index (χ0v) is 19.5. The molecular formula is C23H30F3N3O5. The normalized spacial score (nSPS) is 22.8. The van der Waals surface area contributed by atoms with E-state index in [1.165, 1.54) is 18.5 Å². The number of benzene rings is 1. The molecule has 2 fully saturated rings. The maximum Gasteiger partial charge on any atom is 0.297 e. The number of amides is 1. The third-order valence-electron chi connectivity index (χ3n) is 6.10. The van der Waals surface area contributed by atoms with Gasteiger partial charge in [0.1, 0.15) is 23.7 Å². The second-order valence-electron chi connectivity index (χ2n) is 9.20. The molecule has 2 heterocycles. The van der Waals surface area contributed by atoms with Crippen molar-refractivity contribution in [2.45, 2.75) is 63.4 Å². The Balaban J connectivity index is 1.37. The fourth-order valence-corrected chi connectivity index (χ4v) is 4.22. The van der Waals surface area contributed by atoms with Gasteiger partial charge in [0.25, 0.3) is 6.01 Å². The topological polar surface area (TPSA) is 83.8 Å². The van der Waals surface area contributed by atoms with Gasteiger partial charge < -0.3 is 24.3 Å². The number of nitrogens with zero attached hydrogens (tertiary/aromatic N) is 2. The van der Waals surface area contributed by atoms with E-state index in [1.54, 1.807) is 0 Å². The summed E-state index contributed by atoms with van der Waals surface area (Å²) in [5.41, 5.74) is -1.97. The molecule has 1 aliphatic carbocycles. The van der Waals surface area contributed by atoms with Gasteiger partial charge in [-0.25, -0.2) is 13.2 Å². The standard InChI is InChI=1S/C23H30F3N3O5/c1-13(27-14(2)30)9-32-15-4-6-16(7-5-15)34-22-28-20-17(24)8-18(19(25)21(20)29(22)3)33-12-23(26)10-31-11-23/h8,13,15-16H,4-7,9-12H2,1-3H3,(H,27,30)/t13-,15-,16-/m0/s1. The molecule has 1 amide bonds. The van der Waals surface area contributed by atoms with E-state index in [1.807, 2.05) is 6.92 Å². The molecule has 2 aromatic rings. The number of aromatic nitrogens is 2. The Hall–Kier alpha value is -2.53. The predicted octanol–water partition coefficient (Wildman–Crippen LogP) is 3.20. The minimum Gasteiger partial charge on any atom is -0.487 e. The van der Waals surface area contributed by atoms with Crippen LogP contribution in [0.5, 0.6) is 11.8 Å². The van der Waals surface area contributed by atoms with Gasteiger partial charge in [0.2, 0.25) is 5.91 Å². The maximum atomic E-state index is 15.1. The third-order valence-corrected chi connectivity index (χ3v) is 6.10. The number of alkyl halides is 1. The lowest BCUT2D eigenvalue weighted by Crippen LogP contribution is -2.50. The summed E-state index contributed by atoms with van der Waals surface area (Å²) >= 11 is 0. The fraction of sp³-hybridized carbons (Fsp3) is 0.652. The molecule has 4 rings (SSSR count). The monoisotopic (exact) mass is 485 g/mol. The number of hydrogen-bond donors (Lipinski definition) is 1. The van der Waals surface area contributed by atoms with Crippen LogP contribution in [0.1, 0.15) is 39.5 Å². The molecule has 0 spiro atoms. The van der Waals surface area contributed by atoms with Crippen molar-refractivity contribution in [1.82, 2.24) is 14.9 Å². The first kappa shape index (κ1) is 24.6. The van der Waals surface area contributed by atoms with E-state index in [0.29, 0.717) is 19.4 Å². The molecule has 0 unspecified atom stereocenters. The van der Waals surface area contributed by atoms with E-state index in [0.717, 1.165) is 18.9 Å². The smallest absolute Gasteiger partial charge is 0.297 e. The quantitative estimate of drug-likeness (QED) is 0.588. The molecule has 1 aliphatic heterocycles. The van der Waals surface area contributed by atoms with Gasteiger partial charge in [0.15, 0.2) is 23.1 Å². The predicted molar refractivity (Wildman–Crippen MR) is 117 cm³/mol. The molecule has 1 atom stereocenters. The van der Waals surface area contributed by atoms with E-state index in [2.05, 4.69) is 10.3 Å². The van der Waals surface area contributed by atoms with Gasteiger partial charge in [-0.05, 0) is 32.6 Å². The molecule has 1 N–H and O–H groups in total. The van der Waals surface area contributed by atoms with Crippen molar-refractivity contribution in [2.75, 3.05) is 26.4 Å². The highest BCUT2D eigenvalue weighted by atomic mass is 19.1. The number of carbonyl (C=O) groups excluding carboxylic acids is 1. The van der Waals surface area contributed by atoms with Gasteiger partial charge >= 0.3 is 0 Å². The molecule has 8 nitrogen and oxygen atoms in total. The average molecular weight is 486 g/mol. The largest absolute Gasteiger partial charge is 0.487 e. The number of carbonyl (C=O) groups is 1. The lowest BCUT2D eigenvalue weighted by molar-refractivity contribution is -0.146. The second kappa shape index (κ2) is 9.99. The van der Waals surface area contributed by atoms with Crippen molar-refractivity contribution in [1.29, 1.82) is 0 Å². The van der Waals surface area contributed by atoms with Crippen LogP contribution >= 0.6 is 0 Å². The summed E-state index contributed by atoms with van der Waals surface area (Å²) in [7, 11) is 1.53. The van der Waals surface area contributed by atoms with Crippen LogP contribution in [-0.4, -0.2) is 65.8 Å². The summed E-state index contributed by atoms with van der Waals surface area (Å²) in [5.74, 6) is -2.08. The van der Waals surface area contributed by atoms with Gasteiger partial charge in [0, 0.05) is 26.1 Å². The highest BCUT2D eigenvalue weighted by Crippen LogP contribution is 2.34. The summed E-state index contributed by atoms with van der Waals surface area (Å²) in [4.78, 5) is 15.3. The van der Waals surface area contributed by atoms with Crippen LogP contribution in [0, 0.1) is 11.6 Å². The first-order valence-electron chi connectivity index (χ1n) is 11.4. The fourth-order valence-electron chi connectivity index (χ4n) is 4.22. The van der Waals surface area contributed by atoms with Gasteiger partial charge in [-0.2, -0.15) is 4.98 Å². The van der Waals surface area contributed by atoms with Crippen molar-refractivity contribution in [2.24, 2.45) is 7.05 Å². The Morgan fingerprint density at radius 3 is 2.59 bits per heavy atom. The number of aryl methyl sites for hydroxylation is 1. The summed E-state index contributed by atoms with van der Waals surface area (Å²) in [6.45, 7) is 3.09. The molecular weight excluding hydrogens is 455 g/mol. The van der Waals surface area contributed by atoms with Crippen molar-refractivity contribution < 1.29 is 36.9 Å². The highest BCUT2D eigenvalue weighted by molar-refractivity contribution is 5.80. The first-order chi connectivity index (χ1) is 16.1. The molecule has 11 heteroatoms. The van der Waals surface area contributed by atoms with Gasteiger partial charge in [-0.15, -0.1) is 0 Å². The Morgan fingerprint density at radius 1 is 1.29 bits per heavy atom. The Bertz CT molecular complexity index is 1030. The van der Waals surface area contributed by atoms with Crippen LogP contribution in [0.4, 0.5) is 13.2 Å². The average Bonchev–Trinajstić information content (AvgIpc) is 3.10. The number of nitrogens with one attached hydrogen (secondary N) is 1. The van der Waals surface area contributed by atoms with Crippen LogP contribution in [0.15, 0.2) is 6.07 Å². The molecule has 1 aromatic carbocycles. The molecule has 188 valence electrons. The molecule has 2 aliphatic rings. The number of imidazole rings is 1. The zero-order valence-electron chi connectivity index (χ0n) is 19.5. The Morgan fingerprint density at radius 2 is 1.97 bits per heavy atom. The van der Waals surface area contributed by atoms with E-state index < -0.39 is 23.9 Å². The molecule has 1 saturated heterocycles. The summed E-state index contributed by atoms with van der Waals surface area (Å²) in [6, 6.07) is 0.910. The van der Waals surface area contributed by atoms with Crippen LogP contribution in [0.25, 0.3) is 11.0 Å². The molecule has 34 heavy (non-hydrogen) atoms. The lowest BCUT2D eigenvalue weighted by atomic mass is 9.95. The van der Waals surface area contributed by atoms with E-state index in [4.69, 9.17) is 18.9 Å². The van der Waals surface area contributed by atoms with Crippen molar-refractivity contribution in [3.05, 3.63) is 17.7 Å². The molecule has 0 bridgehead atoms.